The van der Waals surface area contributed by atoms with E-state index < -0.39 is 23.5 Å². The molecule has 22 heavy (non-hydrogen) atoms. The summed E-state index contributed by atoms with van der Waals surface area (Å²) in [4.78, 5) is 62.9. The van der Waals surface area contributed by atoms with Crippen LogP contribution in [-0.4, -0.2) is 0 Å². The summed E-state index contributed by atoms with van der Waals surface area (Å²) >= 11 is 0. The quantitative estimate of drug-likeness (QED) is 0.282. The SMILES string of the molecule is O=P([O-])([O-])OP(=O)([O-])[O-].O=P([O-])([O-])[O-].[Na+].[Na+].[Na+].[Na+].[Na+].[Na+].[Na+].[Na+]. The van der Waals surface area contributed by atoms with Gasteiger partial charge in [0.25, 0.3) is 0 Å². The van der Waals surface area contributed by atoms with Crippen LogP contribution in [0, 0.1) is 0 Å². The van der Waals surface area contributed by atoms with E-state index in [1.165, 1.54) is 0 Å². The summed E-state index contributed by atoms with van der Waals surface area (Å²) in [6.07, 6.45) is 0. The van der Waals surface area contributed by atoms with Gasteiger partial charge in [0.05, 0.1) is 15.6 Å². The second kappa shape index (κ2) is 31.6. The van der Waals surface area contributed by atoms with Crippen molar-refractivity contribution in [2.45, 2.75) is 0 Å². The average molecular weight is 453 g/mol. The Morgan fingerprint density at radius 1 is 0.455 bits per heavy atom. The minimum absolute atomic E-state index is 0. The second-order valence-corrected chi connectivity index (χ2v) is 4.76. The molecule has 0 aromatic rings. The molecule has 0 unspecified atom stereocenters. The Bertz CT molecular complexity index is 274. The van der Waals surface area contributed by atoms with Crippen LogP contribution < -0.4 is 271 Å². The van der Waals surface area contributed by atoms with Crippen molar-refractivity contribution in [1.29, 1.82) is 0 Å². The molecule has 0 saturated heterocycles. The fourth-order valence-corrected chi connectivity index (χ4v) is 1.10. The van der Waals surface area contributed by atoms with E-state index in [2.05, 4.69) is 4.31 Å². The summed E-state index contributed by atoms with van der Waals surface area (Å²) in [5.41, 5.74) is 0. The van der Waals surface area contributed by atoms with Gasteiger partial charge < -0.3 is 52.3 Å². The largest absolute Gasteiger partial charge is 1.00 e. The van der Waals surface area contributed by atoms with Gasteiger partial charge in [0, 0.05) is 0 Å². The van der Waals surface area contributed by atoms with Crippen molar-refractivity contribution in [1.82, 2.24) is 0 Å². The minimum Gasteiger partial charge on any atom is -0.822 e. The molecule has 0 aliphatic heterocycles. The van der Waals surface area contributed by atoms with E-state index in [-0.39, 0.29) is 236 Å². The zero-order valence-electron chi connectivity index (χ0n) is 13.8. The van der Waals surface area contributed by atoms with Gasteiger partial charge in [0.15, 0.2) is 0 Å². The van der Waals surface area contributed by atoms with Gasteiger partial charge >= 0.3 is 236 Å². The molecule has 22 heteroatoms. The van der Waals surface area contributed by atoms with E-state index in [9.17, 15) is 28.7 Å². The Kier molecular flexibility index (Phi) is 90.6. The van der Waals surface area contributed by atoms with Crippen molar-refractivity contribution >= 4 is 23.5 Å². The molecule has 0 fully saturated rings. The summed E-state index contributed by atoms with van der Waals surface area (Å²) in [6.45, 7) is 0. The normalized spacial score (nSPS) is 8.32. The first-order chi connectivity index (χ1) is 5.71. The fourth-order valence-electron chi connectivity index (χ4n) is 0.122. The van der Waals surface area contributed by atoms with Gasteiger partial charge in [0.1, 0.15) is 0 Å². The van der Waals surface area contributed by atoms with Crippen molar-refractivity contribution < 1.29 is 289 Å². The molecule has 0 atom stereocenters. The van der Waals surface area contributed by atoms with Crippen LogP contribution in [0.4, 0.5) is 0 Å². The molecule has 0 rings (SSSR count). The molecule has 88 valence electrons. The van der Waals surface area contributed by atoms with Crippen molar-refractivity contribution in [3.05, 3.63) is 0 Å². The Morgan fingerprint density at radius 3 is 0.545 bits per heavy atom. The maximum atomic E-state index is 9.32. The molecule has 0 saturated carbocycles. The topological polar surface area (TPSA) is 222 Å². The third-order valence-electron chi connectivity index (χ3n) is 0.200. The van der Waals surface area contributed by atoms with Crippen molar-refractivity contribution in [3.8, 4) is 0 Å². The molecule has 0 radical (unpaired) electrons. The molecule has 11 nitrogen and oxygen atoms in total. The van der Waals surface area contributed by atoms with Crippen molar-refractivity contribution in [3.63, 3.8) is 0 Å². The maximum Gasteiger partial charge on any atom is 1.00 e. The molecule has 0 N–H and O–H groups in total. The first-order valence-electron chi connectivity index (χ1n) is 2.19. The van der Waals surface area contributed by atoms with Gasteiger partial charge in [-0.2, -0.15) is 7.82 Å². The van der Waals surface area contributed by atoms with E-state index in [1.807, 2.05) is 0 Å². The third-order valence-corrected chi connectivity index (χ3v) is 1.80. The van der Waals surface area contributed by atoms with Crippen LogP contribution in [-0.2, 0) is 18.0 Å². The molecule has 0 aliphatic rings. The van der Waals surface area contributed by atoms with Gasteiger partial charge in [-0.25, -0.2) is 0 Å². The van der Waals surface area contributed by atoms with Gasteiger partial charge in [0.2, 0.25) is 0 Å². The van der Waals surface area contributed by atoms with Crippen LogP contribution in [0.5, 0.6) is 0 Å². The summed E-state index contributed by atoms with van der Waals surface area (Å²) in [6, 6.07) is 0. The van der Waals surface area contributed by atoms with Gasteiger partial charge in [-0.05, 0) is 0 Å². The van der Waals surface area contributed by atoms with E-state index in [0.717, 1.165) is 0 Å². The Hall–Kier alpha value is 8.37. The number of rotatable bonds is 2. The fraction of sp³-hybridized carbons (Fsp3) is 0. The number of phosphoric acid groups is 3. The van der Waals surface area contributed by atoms with Gasteiger partial charge in [-0.1, -0.05) is 0 Å². The summed E-state index contributed by atoms with van der Waals surface area (Å²) in [7, 11) is -16.7. The Balaban J connectivity index is -0.0000000128. The standard InChI is InChI=1S/8Na.H4O7P2.H3O4P/c;;;;;;;;1-8(2,3)7-9(4,5)6;1-5(2,3)4/h;;;;;;;;(H2,1,2,3)(H2,4,5,6);(H3,1,2,3,4)/q8*+1;;/p-7. The summed E-state index contributed by atoms with van der Waals surface area (Å²) < 4.78 is 29.7. The number of hydrogen-bond acceptors (Lipinski definition) is 11. The van der Waals surface area contributed by atoms with Crippen molar-refractivity contribution in [2.75, 3.05) is 0 Å². The molecule has 0 heterocycles. The zero-order chi connectivity index (χ0) is 12.2. The minimum atomic E-state index is -5.68. The van der Waals surface area contributed by atoms with Crippen molar-refractivity contribution in [2.24, 2.45) is 0 Å². The average Bonchev–Trinajstić information content (AvgIpc) is 1.42. The predicted octanol–water partition coefficient (Wildman–Crippen LogP) is -30.1. The van der Waals surface area contributed by atoms with E-state index in [1.54, 1.807) is 0 Å². The molecule has 0 bridgehead atoms. The Labute approximate surface area is 304 Å². The first kappa shape index (κ1) is 63.1. The molecular weight excluding hydrogens is 453 g/mol. The molecular formula is Na8O11P3+. The summed E-state index contributed by atoms with van der Waals surface area (Å²) in [5.74, 6) is 0. The van der Waals surface area contributed by atoms with Crippen LogP contribution in [0.2, 0.25) is 0 Å². The van der Waals surface area contributed by atoms with E-state index in [4.69, 9.17) is 19.2 Å². The molecule has 0 spiro atoms. The zero-order valence-corrected chi connectivity index (χ0v) is 32.5. The van der Waals surface area contributed by atoms with Crippen LogP contribution in [0.15, 0.2) is 0 Å². The van der Waals surface area contributed by atoms with Crippen LogP contribution >= 0.6 is 23.5 Å². The first-order valence-corrected chi connectivity index (χ1v) is 6.57. The second-order valence-electron chi connectivity index (χ2n) is 1.42. The van der Waals surface area contributed by atoms with Crippen LogP contribution in [0.1, 0.15) is 0 Å². The third kappa shape index (κ3) is 103. The molecule has 0 amide bonds. The van der Waals surface area contributed by atoms with Crippen LogP contribution in [0.25, 0.3) is 0 Å². The van der Waals surface area contributed by atoms with Gasteiger partial charge in [-0.3, -0.25) is 0 Å². The van der Waals surface area contributed by atoms with Crippen LogP contribution in [0.3, 0.4) is 0 Å². The maximum absolute atomic E-state index is 9.32. The van der Waals surface area contributed by atoms with E-state index in [0.29, 0.717) is 0 Å². The van der Waals surface area contributed by atoms with Gasteiger partial charge in [-0.15, -0.1) is 0 Å². The summed E-state index contributed by atoms with van der Waals surface area (Å²) in [5, 5.41) is 0. The number of hydrogen-bond donors (Lipinski definition) is 0. The molecule has 0 aliphatic carbocycles. The monoisotopic (exact) mass is 453 g/mol. The molecule has 0 aromatic heterocycles. The smallest absolute Gasteiger partial charge is 0.822 e. The van der Waals surface area contributed by atoms with E-state index >= 15 is 0 Å². The molecule has 0 aromatic carbocycles. The Morgan fingerprint density at radius 2 is 0.545 bits per heavy atom. The predicted molar refractivity (Wildman–Crippen MR) is 23.9 cm³/mol.